The maximum absolute atomic E-state index is 13.6. The fourth-order valence-electron chi connectivity index (χ4n) is 4.86. The summed E-state index contributed by atoms with van der Waals surface area (Å²) in [6, 6.07) is 13.9. The Morgan fingerprint density at radius 3 is 2.61 bits per heavy atom. The molecule has 0 radical (unpaired) electrons. The number of anilines is 1. The second-order valence-electron chi connectivity index (χ2n) is 9.45. The van der Waals surface area contributed by atoms with Gasteiger partial charge in [-0.1, -0.05) is 37.3 Å². The molecule has 2 unspecified atom stereocenters. The van der Waals surface area contributed by atoms with Crippen LogP contribution < -0.4 is 10.6 Å². The number of carbonyl (C=O) groups is 2. The number of nitrogens with one attached hydrogen (secondary N) is 2. The molecular formula is C28H30ClN5O2. The van der Waals surface area contributed by atoms with E-state index in [1.807, 2.05) is 77.1 Å². The van der Waals surface area contributed by atoms with Crippen LogP contribution in [0.2, 0.25) is 0 Å². The van der Waals surface area contributed by atoms with E-state index in [1.165, 1.54) is 0 Å². The van der Waals surface area contributed by atoms with E-state index >= 15 is 0 Å². The Hall–Kier alpha value is -3.58. The fourth-order valence-corrected chi connectivity index (χ4v) is 5.01. The molecule has 2 aromatic heterocycles. The number of nitrogens with zero attached hydrogens (tertiary/aromatic N) is 3. The van der Waals surface area contributed by atoms with Gasteiger partial charge in [-0.15, -0.1) is 11.6 Å². The molecule has 3 heterocycles. The number of carbonyl (C=O) groups excluding carboxylic acids is 2. The van der Waals surface area contributed by atoms with Crippen LogP contribution in [0.5, 0.6) is 0 Å². The van der Waals surface area contributed by atoms with Gasteiger partial charge in [-0.2, -0.15) is 0 Å². The average Bonchev–Trinajstić information content (AvgIpc) is 3.25. The zero-order valence-electron chi connectivity index (χ0n) is 20.2. The molecule has 2 amide bonds. The van der Waals surface area contributed by atoms with Gasteiger partial charge < -0.3 is 20.1 Å². The van der Waals surface area contributed by atoms with Crippen molar-refractivity contribution >= 4 is 40.0 Å². The van der Waals surface area contributed by atoms with Crippen molar-refractivity contribution in [1.82, 2.24) is 19.8 Å². The zero-order chi connectivity index (χ0) is 25.1. The number of halogens is 1. The third kappa shape index (κ3) is 5.31. The summed E-state index contributed by atoms with van der Waals surface area (Å²) in [5.41, 5.74) is 3.18. The summed E-state index contributed by atoms with van der Waals surface area (Å²) in [5.74, 6) is -0.0917. The van der Waals surface area contributed by atoms with Crippen LogP contribution in [0.1, 0.15) is 30.3 Å². The van der Waals surface area contributed by atoms with Crippen LogP contribution in [-0.2, 0) is 11.3 Å². The van der Waals surface area contributed by atoms with Crippen LogP contribution in [0.25, 0.3) is 10.9 Å². The molecule has 2 atom stereocenters. The van der Waals surface area contributed by atoms with Crippen LogP contribution in [0, 0.1) is 5.92 Å². The normalized spacial score (nSPS) is 20.3. The van der Waals surface area contributed by atoms with Crippen LogP contribution in [0.15, 0.2) is 78.8 Å². The number of pyridine rings is 1. The molecule has 5 rings (SSSR count). The first-order valence-corrected chi connectivity index (χ1v) is 12.8. The Morgan fingerprint density at radius 2 is 1.86 bits per heavy atom. The van der Waals surface area contributed by atoms with E-state index in [2.05, 4.69) is 15.6 Å². The zero-order valence-corrected chi connectivity index (χ0v) is 21.0. The van der Waals surface area contributed by atoms with E-state index in [0.29, 0.717) is 24.8 Å². The molecule has 1 aliphatic carbocycles. The van der Waals surface area contributed by atoms with Crippen molar-refractivity contribution in [2.24, 2.45) is 5.92 Å². The van der Waals surface area contributed by atoms with Gasteiger partial charge in [-0.3, -0.25) is 14.6 Å². The lowest BCUT2D eigenvalue weighted by atomic mass is 10.0. The van der Waals surface area contributed by atoms with Gasteiger partial charge in [0.25, 0.3) is 5.91 Å². The van der Waals surface area contributed by atoms with E-state index in [0.717, 1.165) is 35.1 Å². The molecule has 1 fully saturated rings. The summed E-state index contributed by atoms with van der Waals surface area (Å²) in [5, 5.41) is 7.36. The topological polar surface area (TPSA) is 79.3 Å². The van der Waals surface area contributed by atoms with Crippen molar-refractivity contribution in [3.63, 3.8) is 0 Å². The van der Waals surface area contributed by atoms with Crippen LogP contribution in [0.4, 0.5) is 5.69 Å². The highest BCUT2D eigenvalue weighted by Crippen LogP contribution is 2.24. The quantitative estimate of drug-likeness (QED) is 0.483. The minimum atomic E-state index is -0.179. The van der Waals surface area contributed by atoms with Gasteiger partial charge in [0, 0.05) is 53.8 Å². The molecule has 2 N–H and O–H groups in total. The van der Waals surface area contributed by atoms with Crippen molar-refractivity contribution < 1.29 is 9.59 Å². The lowest BCUT2D eigenvalue weighted by Crippen LogP contribution is -2.43. The molecule has 3 aromatic rings. The average molecular weight is 504 g/mol. The van der Waals surface area contributed by atoms with Crippen LogP contribution >= 0.6 is 11.6 Å². The molecular weight excluding hydrogens is 474 g/mol. The largest absolute Gasteiger partial charge is 0.382 e. The minimum Gasteiger partial charge on any atom is -0.382 e. The summed E-state index contributed by atoms with van der Waals surface area (Å²) in [7, 11) is 0. The third-order valence-corrected chi connectivity index (χ3v) is 7.40. The predicted octanol–water partition coefficient (Wildman–Crippen LogP) is 4.57. The number of amides is 2. The number of benzene rings is 1. The van der Waals surface area contributed by atoms with Gasteiger partial charge in [0.2, 0.25) is 5.91 Å². The van der Waals surface area contributed by atoms with Crippen LogP contribution in [-0.4, -0.2) is 50.8 Å². The Kier molecular flexibility index (Phi) is 7.09. The van der Waals surface area contributed by atoms with Crippen LogP contribution in [0.3, 0.4) is 0 Å². The van der Waals surface area contributed by atoms with Crippen molar-refractivity contribution in [2.45, 2.75) is 37.7 Å². The fraction of sp³-hybridized carbons (Fsp3) is 0.321. The second-order valence-corrected chi connectivity index (χ2v) is 9.96. The molecule has 2 aliphatic rings. The predicted molar refractivity (Wildman–Crippen MR) is 143 cm³/mol. The monoisotopic (exact) mass is 503 g/mol. The number of aromatic nitrogens is 2. The van der Waals surface area contributed by atoms with E-state index < -0.39 is 0 Å². The van der Waals surface area contributed by atoms with E-state index in [4.69, 9.17) is 11.6 Å². The Labute approximate surface area is 215 Å². The molecule has 1 aliphatic heterocycles. The molecule has 1 aromatic carbocycles. The smallest absolute Gasteiger partial charge is 0.270 e. The molecule has 1 saturated heterocycles. The van der Waals surface area contributed by atoms with E-state index in [1.54, 1.807) is 12.4 Å². The lowest BCUT2D eigenvalue weighted by molar-refractivity contribution is -0.120. The number of fused-ring (bicyclic) bond motifs is 1. The van der Waals surface area contributed by atoms with Gasteiger partial charge in [0.1, 0.15) is 12.2 Å². The van der Waals surface area contributed by atoms with Gasteiger partial charge >= 0.3 is 0 Å². The summed E-state index contributed by atoms with van der Waals surface area (Å²) in [4.78, 5) is 32.6. The minimum absolute atomic E-state index is 0.0447. The number of piperidine rings is 1. The number of likely N-dealkylation sites (tertiary alicyclic amines) is 1. The number of hydrogen-bond donors (Lipinski definition) is 2. The first-order chi connectivity index (χ1) is 17.5. The van der Waals surface area contributed by atoms with Gasteiger partial charge in [0.05, 0.1) is 5.38 Å². The van der Waals surface area contributed by atoms with E-state index in [9.17, 15) is 9.59 Å². The molecule has 0 spiro atoms. The van der Waals surface area contributed by atoms with Crippen molar-refractivity contribution in [2.75, 3.05) is 18.4 Å². The molecule has 36 heavy (non-hydrogen) atoms. The number of alkyl halides is 1. The van der Waals surface area contributed by atoms with Gasteiger partial charge in [0.15, 0.2) is 0 Å². The van der Waals surface area contributed by atoms with E-state index in [-0.39, 0.29) is 29.7 Å². The van der Waals surface area contributed by atoms with Crippen molar-refractivity contribution in [3.05, 3.63) is 84.5 Å². The molecule has 0 saturated carbocycles. The van der Waals surface area contributed by atoms with Crippen molar-refractivity contribution in [3.8, 4) is 0 Å². The first kappa shape index (κ1) is 24.1. The summed E-state index contributed by atoms with van der Waals surface area (Å²) < 4.78 is 1.83. The maximum Gasteiger partial charge on any atom is 0.270 e. The second kappa shape index (κ2) is 10.6. The Morgan fingerprint density at radius 1 is 1.11 bits per heavy atom. The number of rotatable bonds is 6. The Balaban J connectivity index is 1.29. The summed E-state index contributed by atoms with van der Waals surface area (Å²) >= 11 is 6.23. The van der Waals surface area contributed by atoms with Crippen molar-refractivity contribution in [1.29, 1.82) is 0 Å². The third-order valence-electron chi connectivity index (χ3n) is 6.85. The molecule has 0 bridgehead atoms. The summed E-state index contributed by atoms with van der Waals surface area (Å²) in [6.07, 6.45) is 10.9. The standard InChI is InChI=1S/C28H30ClN5O2/c1-19-16-23(6-7-24(19)29)32-27(35)18-34-25-5-3-2-4-20(25)17-26(34)28(36)33-14-10-22(11-15-33)31-21-8-12-30-13-9-21/h2-9,12-13,16-17,19,22,24H,10-11,14-15,18H2,1H3,(H,30,31)(H,32,35). The number of allylic oxidation sites excluding steroid dienone is 3. The highest BCUT2D eigenvalue weighted by atomic mass is 35.5. The van der Waals surface area contributed by atoms with Gasteiger partial charge in [-0.05, 0) is 49.1 Å². The molecule has 186 valence electrons. The first-order valence-electron chi connectivity index (χ1n) is 12.4. The molecule has 8 heteroatoms. The highest BCUT2D eigenvalue weighted by molar-refractivity contribution is 6.22. The lowest BCUT2D eigenvalue weighted by Gasteiger charge is -2.33. The Bertz CT molecular complexity index is 1310. The number of hydrogen-bond acceptors (Lipinski definition) is 4. The molecule has 7 nitrogen and oxygen atoms in total. The highest BCUT2D eigenvalue weighted by Gasteiger charge is 2.27. The SMILES string of the molecule is CC1C=C(NC(=O)Cn2c(C(=O)N3CCC(Nc4ccncc4)CC3)cc3ccccc32)C=CC1Cl. The number of para-hydroxylation sites is 1. The summed E-state index contributed by atoms with van der Waals surface area (Å²) in [6.45, 7) is 3.38. The van der Waals surface area contributed by atoms with Gasteiger partial charge in [-0.25, -0.2) is 0 Å². The maximum atomic E-state index is 13.6.